The van der Waals surface area contributed by atoms with E-state index in [2.05, 4.69) is 60.2 Å². The predicted octanol–water partition coefficient (Wildman–Crippen LogP) is 4.90. The summed E-state index contributed by atoms with van der Waals surface area (Å²) in [6.07, 6.45) is 1.06. The summed E-state index contributed by atoms with van der Waals surface area (Å²) in [7, 11) is 6.29. The number of pyridine rings is 1. The van der Waals surface area contributed by atoms with Crippen molar-refractivity contribution < 1.29 is 0 Å². The highest BCUT2D eigenvalue weighted by Gasteiger charge is 2.18. The van der Waals surface area contributed by atoms with Crippen molar-refractivity contribution in [2.45, 2.75) is 6.42 Å². The van der Waals surface area contributed by atoms with Crippen molar-refractivity contribution in [3.63, 3.8) is 0 Å². The molecular weight excluding hydrogens is 344 g/mol. The first-order chi connectivity index (χ1) is 12.6. The van der Waals surface area contributed by atoms with Crippen LogP contribution in [0.3, 0.4) is 0 Å². The number of aryl methyl sites for hydroxylation is 1. The van der Waals surface area contributed by atoms with Crippen LogP contribution in [0.5, 0.6) is 0 Å². The third-order valence-corrected chi connectivity index (χ3v) is 5.19. The van der Waals surface area contributed by atoms with Gasteiger partial charge in [0, 0.05) is 29.9 Å². The lowest BCUT2D eigenvalue weighted by atomic mass is 10.1. The average Bonchev–Trinajstić information content (AvgIpc) is 2.92. The van der Waals surface area contributed by atoms with Crippen LogP contribution in [-0.4, -0.2) is 41.6 Å². The number of anilines is 1. The third-order valence-electron chi connectivity index (χ3n) is 4.88. The summed E-state index contributed by atoms with van der Waals surface area (Å²) in [5.74, 6) is 0.935. The monoisotopic (exact) mass is 366 g/mol. The number of nitrogens with one attached hydrogen (secondary N) is 1. The summed E-state index contributed by atoms with van der Waals surface area (Å²) >= 11 is 6.57. The molecule has 134 valence electrons. The zero-order chi connectivity index (χ0) is 18.3. The molecule has 5 heteroatoms. The lowest BCUT2D eigenvalue weighted by molar-refractivity contribution is 0.405. The second-order valence-corrected chi connectivity index (χ2v) is 7.38. The van der Waals surface area contributed by atoms with E-state index in [9.17, 15) is 0 Å². The number of benzene rings is 2. The molecule has 0 radical (unpaired) electrons. The van der Waals surface area contributed by atoms with Crippen molar-refractivity contribution in [3.8, 4) is 0 Å². The largest absolute Gasteiger partial charge is 0.369 e. The molecule has 0 atom stereocenters. The zero-order valence-electron chi connectivity index (χ0n) is 15.4. The molecule has 2 aromatic carbocycles. The van der Waals surface area contributed by atoms with Gasteiger partial charge in [0.2, 0.25) is 0 Å². The summed E-state index contributed by atoms with van der Waals surface area (Å²) in [6.45, 7) is 1.93. The Morgan fingerprint density at radius 1 is 1.08 bits per heavy atom. The Kier molecular flexibility index (Phi) is 4.47. The number of hydrogen-bond donors (Lipinski definition) is 1. The molecule has 2 heterocycles. The van der Waals surface area contributed by atoms with E-state index >= 15 is 0 Å². The fraction of sp³-hybridized carbons (Fsp3) is 0.286. The van der Waals surface area contributed by atoms with E-state index in [-0.39, 0.29) is 0 Å². The maximum Gasteiger partial charge on any atom is 0.136 e. The van der Waals surface area contributed by atoms with Crippen molar-refractivity contribution in [1.82, 2.24) is 14.5 Å². The predicted molar refractivity (Wildman–Crippen MR) is 112 cm³/mol. The number of halogens is 1. The quantitative estimate of drug-likeness (QED) is 0.510. The first-order valence-electron chi connectivity index (χ1n) is 8.92. The lowest BCUT2D eigenvalue weighted by Gasteiger charge is -2.13. The van der Waals surface area contributed by atoms with E-state index in [0.717, 1.165) is 52.2 Å². The van der Waals surface area contributed by atoms with Gasteiger partial charge >= 0.3 is 0 Å². The van der Waals surface area contributed by atoms with E-state index in [1.54, 1.807) is 0 Å². The summed E-state index contributed by atoms with van der Waals surface area (Å²) < 4.78 is 2.23. The molecule has 0 amide bonds. The third kappa shape index (κ3) is 2.79. The Bertz CT molecular complexity index is 1100. The molecule has 2 aromatic heterocycles. The van der Waals surface area contributed by atoms with Crippen LogP contribution >= 0.6 is 11.6 Å². The average molecular weight is 367 g/mol. The highest BCUT2D eigenvalue weighted by Crippen LogP contribution is 2.39. The van der Waals surface area contributed by atoms with Crippen molar-refractivity contribution in [3.05, 3.63) is 47.5 Å². The molecule has 0 aliphatic carbocycles. The highest BCUT2D eigenvalue weighted by atomic mass is 35.5. The van der Waals surface area contributed by atoms with Crippen LogP contribution in [0.2, 0.25) is 5.02 Å². The van der Waals surface area contributed by atoms with Crippen molar-refractivity contribution in [2.75, 3.05) is 32.5 Å². The second kappa shape index (κ2) is 6.78. The minimum atomic E-state index is 0.741. The zero-order valence-corrected chi connectivity index (χ0v) is 16.1. The smallest absolute Gasteiger partial charge is 0.136 e. The first-order valence-corrected chi connectivity index (χ1v) is 9.29. The van der Waals surface area contributed by atoms with Gasteiger partial charge in [-0.15, -0.1) is 0 Å². The molecular formula is C21H23ClN4. The summed E-state index contributed by atoms with van der Waals surface area (Å²) in [5.41, 5.74) is 3.25. The van der Waals surface area contributed by atoms with Gasteiger partial charge in [-0.3, -0.25) is 0 Å². The van der Waals surface area contributed by atoms with Crippen LogP contribution in [0.15, 0.2) is 42.5 Å². The molecule has 0 saturated carbocycles. The number of aromatic nitrogens is 2. The Morgan fingerprint density at radius 3 is 2.69 bits per heavy atom. The van der Waals surface area contributed by atoms with Crippen LogP contribution in [0.4, 0.5) is 5.82 Å². The Balaban J connectivity index is 1.96. The van der Waals surface area contributed by atoms with Gasteiger partial charge in [-0.25, -0.2) is 4.98 Å². The van der Waals surface area contributed by atoms with Gasteiger partial charge in [-0.05, 0) is 45.3 Å². The van der Waals surface area contributed by atoms with Crippen LogP contribution in [0.25, 0.3) is 32.7 Å². The molecule has 0 spiro atoms. The molecule has 4 rings (SSSR count). The normalized spacial score (nSPS) is 11.9. The van der Waals surface area contributed by atoms with E-state index < -0.39 is 0 Å². The number of hydrogen-bond acceptors (Lipinski definition) is 3. The number of para-hydroxylation sites is 1. The van der Waals surface area contributed by atoms with Gasteiger partial charge in [-0.2, -0.15) is 0 Å². The van der Waals surface area contributed by atoms with Crippen molar-refractivity contribution in [2.24, 2.45) is 7.05 Å². The lowest BCUT2D eigenvalue weighted by Crippen LogP contribution is -2.16. The molecule has 4 nitrogen and oxygen atoms in total. The minimum Gasteiger partial charge on any atom is -0.369 e. The fourth-order valence-corrected chi connectivity index (χ4v) is 3.93. The standard InChI is InChI=1S/C21H23ClN4/c1-25(2)13-7-12-23-21-18-14-8-4-5-11-17(14)26(3)20(18)19-15(22)9-6-10-16(19)24-21/h4-6,8-11H,7,12-13H2,1-3H3,(H,23,24). The highest BCUT2D eigenvalue weighted by molar-refractivity contribution is 6.38. The van der Waals surface area contributed by atoms with Gasteiger partial charge in [0.15, 0.2) is 0 Å². The number of rotatable bonds is 5. The van der Waals surface area contributed by atoms with Gasteiger partial charge in [0.1, 0.15) is 5.82 Å². The van der Waals surface area contributed by atoms with Crippen LogP contribution in [0.1, 0.15) is 6.42 Å². The number of fused-ring (bicyclic) bond motifs is 5. The van der Waals surface area contributed by atoms with Crippen LogP contribution in [0, 0.1) is 0 Å². The molecule has 26 heavy (non-hydrogen) atoms. The maximum absolute atomic E-state index is 6.57. The molecule has 0 saturated heterocycles. The first kappa shape index (κ1) is 17.1. The molecule has 0 aliphatic heterocycles. The Hall–Kier alpha value is -2.30. The van der Waals surface area contributed by atoms with Crippen molar-refractivity contribution in [1.29, 1.82) is 0 Å². The molecule has 1 N–H and O–H groups in total. The summed E-state index contributed by atoms with van der Waals surface area (Å²) in [6, 6.07) is 14.4. The van der Waals surface area contributed by atoms with Gasteiger partial charge < -0.3 is 14.8 Å². The molecule has 0 unspecified atom stereocenters. The van der Waals surface area contributed by atoms with Gasteiger partial charge in [-0.1, -0.05) is 35.9 Å². The minimum absolute atomic E-state index is 0.741. The van der Waals surface area contributed by atoms with Crippen LogP contribution < -0.4 is 5.32 Å². The molecule has 0 bridgehead atoms. The van der Waals surface area contributed by atoms with Crippen LogP contribution in [-0.2, 0) is 7.05 Å². The molecule has 0 aliphatic rings. The van der Waals surface area contributed by atoms with E-state index in [1.165, 1.54) is 10.9 Å². The Morgan fingerprint density at radius 2 is 1.88 bits per heavy atom. The summed E-state index contributed by atoms with van der Waals surface area (Å²) in [4.78, 5) is 7.12. The fourth-order valence-electron chi connectivity index (χ4n) is 3.67. The van der Waals surface area contributed by atoms with Crippen molar-refractivity contribution >= 4 is 50.1 Å². The second-order valence-electron chi connectivity index (χ2n) is 6.98. The maximum atomic E-state index is 6.57. The molecule has 4 aromatic rings. The van der Waals surface area contributed by atoms with Gasteiger partial charge in [0.25, 0.3) is 0 Å². The number of nitrogens with zero attached hydrogens (tertiary/aromatic N) is 3. The summed E-state index contributed by atoms with van der Waals surface area (Å²) in [5, 5.41) is 7.67. The topological polar surface area (TPSA) is 33.1 Å². The van der Waals surface area contributed by atoms with Gasteiger partial charge in [0.05, 0.1) is 21.4 Å². The molecule has 0 fully saturated rings. The SMILES string of the molecule is CN(C)CCCNc1nc2cccc(Cl)c2c2c1c1ccccc1n2C. The van der Waals surface area contributed by atoms with E-state index in [0.29, 0.717) is 0 Å². The Labute approximate surface area is 158 Å². The van der Waals surface area contributed by atoms with E-state index in [1.807, 2.05) is 18.2 Å². The van der Waals surface area contributed by atoms with E-state index in [4.69, 9.17) is 16.6 Å².